The Bertz CT molecular complexity index is 630. The predicted molar refractivity (Wildman–Crippen MR) is 274 cm³/mol. The van der Waals surface area contributed by atoms with Gasteiger partial charge in [0.05, 0.1) is 0 Å². The van der Waals surface area contributed by atoms with Gasteiger partial charge in [-0.1, -0.05) is 292 Å². The number of aliphatic hydroxyl groups excluding tert-OH is 2. The van der Waals surface area contributed by atoms with Gasteiger partial charge in [-0.15, -0.1) is 0 Å². The third-order valence-corrected chi connectivity index (χ3v) is 11.5. The van der Waals surface area contributed by atoms with Crippen molar-refractivity contribution in [3.05, 3.63) is 13.8 Å². The van der Waals surface area contributed by atoms with Gasteiger partial charge in [0.15, 0.2) is 0 Å². The fraction of sp³-hybridized carbons (Fsp3) is 0.965. The Morgan fingerprint density at radius 1 is 0.295 bits per heavy atom. The van der Waals surface area contributed by atoms with Crippen LogP contribution in [0.4, 0.5) is 0 Å². The molecule has 0 aliphatic heterocycles. The zero-order valence-corrected chi connectivity index (χ0v) is 46.4. The van der Waals surface area contributed by atoms with Gasteiger partial charge >= 0.3 is 27.5 Å². The number of hydrogen-bond acceptors (Lipinski definition) is 3. The number of rotatable bonds is 43. The molecule has 0 aromatic rings. The Balaban J connectivity index is -0.000000241. The second-order valence-corrected chi connectivity index (χ2v) is 20.2. The van der Waals surface area contributed by atoms with Crippen molar-refractivity contribution in [3.63, 3.8) is 0 Å². The van der Waals surface area contributed by atoms with Crippen LogP contribution < -0.4 is 0 Å². The van der Waals surface area contributed by atoms with Gasteiger partial charge in [0.2, 0.25) is 0 Å². The van der Waals surface area contributed by atoms with Crippen LogP contribution in [-0.2, 0) is 27.5 Å². The molecule has 0 saturated carbocycles. The van der Waals surface area contributed by atoms with E-state index in [0.29, 0.717) is 31.3 Å². The third-order valence-electron chi connectivity index (χ3n) is 11.5. The monoisotopic (exact) mass is 943 g/mol. The first kappa shape index (κ1) is 70.6. The third kappa shape index (κ3) is 95.8. The Kier molecular flexibility index (Phi) is 80.6. The van der Waals surface area contributed by atoms with E-state index in [9.17, 15) is 0 Å². The molecule has 3 nitrogen and oxygen atoms in total. The average Bonchev–Trinajstić information content (AvgIpc) is 3.22. The van der Waals surface area contributed by atoms with Crippen LogP contribution >= 0.6 is 0 Å². The van der Waals surface area contributed by atoms with Crippen LogP contribution in [0.2, 0.25) is 0 Å². The second-order valence-electron chi connectivity index (χ2n) is 20.2. The van der Waals surface area contributed by atoms with Crippen LogP contribution in [0.25, 0.3) is 0 Å². The van der Waals surface area contributed by atoms with Crippen LogP contribution in [0.5, 0.6) is 0 Å². The molecule has 2 N–H and O–H groups in total. The molecule has 0 spiro atoms. The van der Waals surface area contributed by atoms with Crippen molar-refractivity contribution in [3.8, 4) is 0 Å². The van der Waals surface area contributed by atoms with Gasteiger partial charge in [0, 0.05) is 12.7 Å². The van der Waals surface area contributed by atoms with Crippen molar-refractivity contribution in [2.24, 2.45) is 17.8 Å². The van der Waals surface area contributed by atoms with Crippen LogP contribution in [0.3, 0.4) is 0 Å². The molecule has 0 saturated heterocycles. The summed E-state index contributed by atoms with van der Waals surface area (Å²) in [5.41, 5.74) is 0. The van der Waals surface area contributed by atoms with E-state index in [-0.39, 0.29) is 6.10 Å². The zero-order valence-electron chi connectivity index (χ0n) is 43.9. The number of unbranched alkanes of at least 4 members (excludes halogenated alkanes) is 36. The van der Waals surface area contributed by atoms with Gasteiger partial charge < -0.3 is 24.1 Å². The molecule has 0 radical (unpaired) electrons. The molecular formula is C57H120O3Zr. The summed E-state index contributed by atoms with van der Waals surface area (Å²) >= 11 is 0.300. The fourth-order valence-corrected chi connectivity index (χ4v) is 7.60. The molecule has 0 heterocycles. The maximum absolute atomic E-state index is 8.67. The predicted octanol–water partition coefficient (Wildman–Crippen LogP) is 20.2. The summed E-state index contributed by atoms with van der Waals surface area (Å²) in [4.78, 5) is 0. The van der Waals surface area contributed by atoms with Crippen LogP contribution in [0.15, 0.2) is 0 Å². The Hall–Kier alpha value is 0.603. The normalized spacial score (nSPS) is 10.9. The molecule has 61 heavy (non-hydrogen) atoms. The molecule has 0 aromatic heterocycles. The fourth-order valence-electron chi connectivity index (χ4n) is 7.60. The quantitative estimate of drug-likeness (QED) is 0.0473. The molecule has 0 bridgehead atoms. The van der Waals surface area contributed by atoms with E-state index < -0.39 is 0 Å². The van der Waals surface area contributed by atoms with Gasteiger partial charge in [-0.25, -0.2) is 0 Å². The molecule has 0 aliphatic rings. The van der Waals surface area contributed by atoms with E-state index >= 15 is 0 Å². The van der Waals surface area contributed by atoms with Crippen molar-refractivity contribution >= 4 is 0 Å². The summed E-state index contributed by atoms with van der Waals surface area (Å²) in [6, 6.07) is 0. The van der Waals surface area contributed by atoms with E-state index in [1.54, 1.807) is 13.8 Å². The van der Waals surface area contributed by atoms with E-state index in [1.807, 2.05) is 0 Å². The van der Waals surface area contributed by atoms with Crippen LogP contribution in [-0.4, -0.2) is 22.9 Å². The second kappa shape index (κ2) is 69.6. The molecule has 0 fully saturated rings. The van der Waals surface area contributed by atoms with Crippen LogP contribution in [0.1, 0.15) is 325 Å². The summed E-state index contributed by atoms with van der Waals surface area (Å²) in [7, 11) is 0. The van der Waals surface area contributed by atoms with E-state index in [0.717, 1.165) is 37.0 Å². The standard InChI is InChI=1S/C18H38O.2C18H37.C3H8O.O.Zr/c1-18(2)16-14-12-10-8-6-4-3-5-7-9-11-13-15-17-19;2*1-4-5-6-7-8-9-10-11-12-13-14-15-16-17-18(2)3;1-3(2)4;;/h18-19H,3-17H2,1-2H3;2*18H,1,4-17H2,2-3H3;3-4H,1-2H3;;/q;2*-1;;;+2. The molecule has 0 aromatic carbocycles. The van der Waals surface area contributed by atoms with Crippen molar-refractivity contribution < 1.29 is 37.7 Å². The summed E-state index contributed by atoms with van der Waals surface area (Å²) in [6.45, 7) is 25.6. The molecule has 370 valence electrons. The van der Waals surface area contributed by atoms with Gasteiger partial charge in [0.25, 0.3) is 0 Å². The van der Waals surface area contributed by atoms with Gasteiger partial charge in [-0.05, 0) is 38.0 Å². The SMILES string of the molecule is CC(C)CCCCCCCCCCCCCCCO.CC(C)O.[CH2-]CCCCCCCCCCCCCCC(C)C.[CH2-]CCCCCCCCCCCCCCC(C)C.[O]=[Zr+2]. The van der Waals surface area contributed by atoms with Gasteiger partial charge in [-0.3, -0.25) is 0 Å². The van der Waals surface area contributed by atoms with Gasteiger partial charge in [0.1, 0.15) is 0 Å². The number of hydrogen-bond donors (Lipinski definition) is 2. The van der Waals surface area contributed by atoms with Crippen molar-refractivity contribution in [1.82, 2.24) is 0 Å². The zero-order chi connectivity index (χ0) is 46.7. The van der Waals surface area contributed by atoms with E-state index in [4.69, 9.17) is 13.0 Å². The van der Waals surface area contributed by atoms with Crippen molar-refractivity contribution in [1.29, 1.82) is 0 Å². The van der Waals surface area contributed by atoms with Crippen molar-refractivity contribution in [2.45, 2.75) is 331 Å². The molecular weight excluding hydrogens is 824 g/mol. The summed E-state index contributed by atoms with van der Waals surface area (Å²) in [6.07, 6.45) is 58.9. The molecule has 0 amide bonds. The summed E-state index contributed by atoms with van der Waals surface area (Å²) in [5.74, 6) is 2.68. The molecule has 0 unspecified atom stereocenters. The molecule has 0 aliphatic carbocycles. The Morgan fingerprint density at radius 3 is 0.557 bits per heavy atom. The topological polar surface area (TPSA) is 57.5 Å². The number of aliphatic hydroxyl groups is 2. The maximum atomic E-state index is 8.67. The Labute approximate surface area is 404 Å². The van der Waals surface area contributed by atoms with E-state index in [1.165, 1.54) is 250 Å². The average molecular weight is 945 g/mol. The first-order valence-corrected chi connectivity index (χ1v) is 28.6. The van der Waals surface area contributed by atoms with Crippen LogP contribution in [0, 0.1) is 31.6 Å². The van der Waals surface area contributed by atoms with Crippen molar-refractivity contribution in [2.75, 3.05) is 6.61 Å². The minimum absolute atomic E-state index is 0.167. The molecule has 4 heteroatoms. The summed E-state index contributed by atoms with van der Waals surface area (Å²) in [5, 5.41) is 16.7. The minimum atomic E-state index is -0.167. The first-order chi connectivity index (χ1) is 29.5. The summed E-state index contributed by atoms with van der Waals surface area (Å²) < 4.78 is 8.34. The van der Waals surface area contributed by atoms with Gasteiger partial charge in [-0.2, -0.15) is 12.8 Å². The van der Waals surface area contributed by atoms with E-state index in [2.05, 4.69) is 55.4 Å². The first-order valence-electron chi connectivity index (χ1n) is 27.6. The molecule has 0 rings (SSSR count). The molecule has 0 atom stereocenters. The Morgan fingerprint density at radius 2 is 0.426 bits per heavy atom.